The monoisotopic (exact) mass is 378 g/mol. The van der Waals surface area contributed by atoms with Crippen LogP contribution in [0, 0.1) is 0 Å². The summed E-state index contributed by atoms with van der Waals surface area (Å²) in [6, 6.07) is 10.2. The molecule has 0 unspecified atom stereocenters. The second-order valence-corrected chi connectivity index (χ2v) is 5.61. The molecule has 0 aliphatic carbocycles. The molecular weight excluding hydrogens is 364 g/mol. The number of nitrogens with one attached hydrogen (secondary N) is 1. The van der Waals surface area contributed by atoms with Gasteiger partial charge in [-0.3, -0.25) is 9.78 Å². The van der Waals surface area contributed by atoms with E-state index in [1.807, 2.05) is 30.3 Å². The van der Waals surface area contributed by atoms with Gasteiger partial charge in [0.05, 0.1) is 12.5 Å². The van der Waals surface area contributed by atoms with Crippen LogP contribution in [0.3, 0.4) is 0 Å². The lowest BCUT2D eigenvalue weighted by Gasteiger charge is -2.18. The smallest absolute Gasteiger partial charge is 0.407 e. The van der Waals surface area contributed by atoms with Gasteiger partial charge >= 0.3 is 12.1 Å². The average Bonchev–Trinajstić information content (AvgIpc) is 2.53. The number of hydrogen-bond acceptors (Lipinski definition) is 4. The van der Waals surface area contributed by atoms with Crippen LogP contribution in [0.5, 0.6) is 0 Å². The van der Waals surface area contributed by atoms with Gasteiger partial charge in [0.2, 0.25) is 0 Å². The molecular formula is C16H15BrN2O4. The molecule has 2 rings (SSSR count). The van der Waals surface area contributed by atoms with Crippen LogP contribution in [0.2, 0.25) is 0 Å². The number of hydrogen-bond donors (Lipinski definition) is 2. The summed E-state index contributed by atoms with van der Waals surface area (Å²) in [5.74, 6) is -1.03. The molecule has 2 N–H and O–H groups in total. The lowest BCUT2D eigenvalue weighted by Crippen LogP contribution is -2.31. The highest BCUT2D eigenvalue weighted by atomic mass is 79.9. The Bertz CT molecular complexity index is 679. The number of rotatable bonds is 6. The highest BCUT2D eigenvalue weighted by molar-refractivity contribution is 9.10. The third kappa shape index (κ3) is 5.37. The van der Waals surface area contributed by atoms with E-state index in [-0.39, 0.29) is 13.0 Å². The number of alkyl carbamates (subject to hydrolysis) is 1. The van der Waals surface area contributed by atoms with Crippen LogP contribution < -0.4 is 5.32 Å². The summed E-state index contributed by atoms with van der Waals surface area (Å²) in [6.45, 7) is 0.115. The van der Waals surface area contributed by atoms with Crippen LogP contribution >= 0.6 is 15.9 Å². The van der Waals surface area contributed by atoms with Crippen LogP contribution in [0.1, 0.15) is 23.6 Å². The molecule has 23 heavy (non-hydrogen) atoms. The lowest BCUT2D eigenvalue weighted by molar-refractivity contribution is -0.137. The number of aromatic nitrogens is 1. The zero-order valence-corrected chi connectivity index (χ0v) is 13.7. The van der Waals surface area contributed by atoms with E-state index in [2.05, 4.69) is 26.2 Å². The fraction of sp³-hybridized carbons (Fsp3) is 0.188. The number of carbonyl (C=O) groups excluding carboxylic acids is 1. The second kappa shape index (κ2) is 8.28. The van der Waals surface area contributed by atoms with Crippen LogP contribution in [0.25, 0.3) is 0 Å². The van der Waals surface area contributed by atoms with Gasteiger partial charge in [-0.05, 0) is 33.1 Å². The average molecular weight is 379 g/mol. The maximum atomic E-state index is 11.9. The molecule has 1 amide bonds. The molecule has 1 atom stereocenters. The topological polar surface area (TPSA) is 88.5 Å². The Morgan fingerprint density at radius 2 is 2.00 bits per heavy atom. The minimum atomic E-state index is -1.03. The zero-order valence-electron chi connectivity index (χ0n) is 12.1. The summed E-state index contributed by atoms with van der Waals surface area (Å²) in [5, 5.41) is 11.6. The predicted octanol–water partition coefficient (Wildman–Crippen LogP) is 3.29. The first-order chi connectivity index (χ1) is 11.1. The van der Waals surface area contributed by atoms with Gasteiger partial charge in [-0.2, -0.15) is 0 Å². The number of carboxylic acids is 1. The molecule has 0 spiro atoms. The zero-order chi connectivity index (χ0) is 16.7. The Labute approximate surface area is 141 Å². The molecule has 0 aliphatic heterocycles. The Morgan fingerprint density at radius 1 is 1.26 bits per heavy atom. The van der Waals surface area contributed by atoms with Gasteiger partial charge in [0.1, 0.15) is 6.61 Å². The minimum absolute atomic E-state index is 0.115. The van der Waals surface area contributed by atoms with Crippen molar-refractivity contribution in [2.75, 3.05) is 0 Å². The SMILES string of the molecule is O=C(O)C[C@@H](NC(=O)OCc1ccccc1)c1ccncc1Br. The lowest BCUT2D eigenvalue weighted by atomic mass is 10.1. The van der Waals surface area contributed by atoms with Crippen LogP contribution in [0.4, 0.5) is 4.79 Å². The number of pyridine rings is 1. The standard InChI is InChI=1S/C16H15BrN2O4/c17-13-9-18-7-6-12(13)14(8-15(20)21)19-16(22)23-10-11-4-2-1-3-5-11/h1-7,9,14H,8,10H2,(H,19,22)(H,20,21)/t14-/m1/s1. The molecule has 1 aromatic heterocycles. The van der Waals surface area contributed by atoms with Crippen molar-refractivity contribution in [3.8, 4) is 0 Å². The molecule has 2 aromatic rings. The summed E-state index contributed by atoms with van der Waals surface area (Å²) < 4.78 is 5.75. The number of carbonyl (C=O) groups is 2. The van der Waals surface area contributed by atoms with E-state index < -0.39 is 18.1 Å². The Kier molecular flexibility index (Phi) is 6.10. The van der Waals surface area contributed by atoms with Gasteiger partial charge < -0.3 is 15.2 Å². The highest BCUT2D eigenvalue weighted by Crippen LogP contribution is 2.24. The number of nitrogens with zero attached hydrogens (tertiary/aromatic N) is 1. The maximum absolute atomic E-state index is 11.9. The van der Waals surface area contributed by atoms with Gasteiger partial charge in [0, 0.05) is 16.9 Å². The van der Waals surface area contributed by atoms with E-state index in [4.69, 9.17) is 9.84 Å². The second-order valence-electron chi connectivity index (χ2n) is 4.75. The first kappa shape index (κ1) is 17.0. The summed E-state index contributed by atoms with van der Waals surface area (Å²) >= 11 is 3.30. The molecule has 0 fully saturated rings. The van der Waals surface area contributed by atoms with Crippen molar-refractivity contribution in [3.63, 3.8) is 0 Å². The number of aliphatic carboxylic acids is 1. The number of amides is 1. The van der Waals surface area contributed by atoms with E-state index in [1.165, 1.54) is 6.20 Å². The van der Waals surface area contributed by atoms with Crippen molar-refractivity contribution >= 4 is 28.0 Å². The number of halogens is 1. The number of carboxylic acid groups (broad SMARTS) is 1. The predicted molar refractivity (Wildman–Crippen MR) is 86.7 cm³/mol. The normalized spacial score (nSPS) is 11.5. The van der Waals surface area contributed by atoms with Crippen molar-refractivity contribution in [1.82, 2.24) is 10.3 Å². The van der Waals surface area contributed by atoms with E-state index in [9.17, 15) is 9.59 Å². The molecule has 7 heteroatoms. The summed E-state index contributed by atoms with van der Waals surface area (Å²) in [7, 11) is 0. The first-order valence-electron chi connectivity index (χ1n) is 6.84. The summed E-state index contributed by atoms with van der Waals surface area (Å²) in [4.78, 5) is 26.9. The first-order valence-corrected chi connectivity index (χ1v) is 7.64. The molecule has 0 saturated carbocycles. The van der Waals surface area contributed by atoms with E-state index in [1.54, 1.807) is 12.3 Å². The fourth-order valence-corrected chi connectivity index (χ4v) is 2.52. The summed E-state index contributed by atoms with van der Waals surface area (Å²) in [5.41, 5.74) is 1.47. The highest BCUT2D eigenvalue weighted by Gasteiger charge is 2.21. The van der Waals surface area contributed by atoms with E-state index in [0.717, 1.165) is 5.56 Å². The van der Waals surface area contributed by atoms with E-state index in [0.29, 0.717) is 10.0 Å². The molecule has 1 aromatic carbocycles. The molecule has 6 nitrogen and oxygen atoms in total. The minimum Gasteiger partial charge on any atom is -0.481 e. The number of ether oxygens (including phenoxy) is 1. The largest absolute Gasteiger partial charge is 0.481 e. The fourth-order valence-electron chi connectivity index (χ4n) is 1.99. The Hall–Kier alpha value is -2.41. The van der Waals surface area contributed by atoms with Gasteiger partial charge in [-0.1, -0.05) is 30.3 Å². The third-order valence-electron chi connectivity index (χ3n) is 3.06. The maximum Gasteiger partial charge on any atom is 0.407 e. The Balaban J connectivity index is 2.01. The van der Waals surface area contributed by atoms with Crippen LogP contribution in [0.15, 0.2) is 53.3 Å². The molecule has 0 saturated heterocycles. The van der Waals surface area contributed by atoms with Crippen molar-refractivity contribution in [1.29, 1.82) is 0 Å². The van der Waals surface area contributed by atoms with Crippen LogP contribution in [-0.2, 0) is 16.1 Å². The molecule has 1 heterocycles. The van der Waals surface area contributed by atoms with Gasteiger partial charge in [0.25, 0.3) is 0 Å². The molecule has 120 valence electrons. The van der Waals surface area contributed by atoms with Gasteiger partial charge in [-0.25, -0.2) is 4.79 Å². The van der Waals surface area contributed by atoms with Crippen LogP contribution in [-0.4, -0.2) is 22.2 Å². The molecule has 0 bridgehead atoms. The van der Waals surface area contributed by atoms with Crippen molar-refractivity contribution in [3.05, 3.63) is 64.4 Å². The number of benzene rings is 1. The third-order valence-corrected chi connectivity index (χ3v) is 3.73. The van der Waals surface area contributed by atoms with Gasteiger partial charge in [0.15, 0.2) is 0 Å². The molecule has 0 radical (unpaired) electrons. The van der Waals surface area contributed by atoms with Crippen molar-refractivity contribution < 1.29 is 19.4 Å². The summed E-state index contributed by atoms with van der Waals surface area (Å²) in [6.07, 6.45) is 2.14. The van der Waals surface area contributed by atoms with Gasteiger partial charge in [-0.15, -0.1) is 0 Å². The quantitative estimate of drug-likeness (QED) is 0.804. The van der Waals surface area contributed by atoms with E-state index >= 15 is 0 Å². The van der Waals surface area contributed by atoms with Crippen molar-refractivity contribution in [2.45, 2.75) is 19.1 Å². The van der Waals surface area contributed by atoms with Crippen molar-refractivity contribution in [2.24, 2.45) is 0 Å². The Morgan fingerprint density at radius 3 is 2.65 bits per heavy atom. The molecule has 0 aliphatic rings.